The molecule has 1 amide bonds. The van der Waals surface area contributed by atoms with Crippen molar-refractivity contribution in [2.45, 2.75) is 50.0 Å². The zero-order chi connectivity index (χ0) is 24.1. The van der Waals surface area contributed by atoms with Gasteiger partial charge in [0.05, 0.1) is 26.4 Å². The third-order valence-electron chi connectivity index (χ3n) is 6.23. The van der Waals surface area contributed by atoms with Gasteiger partial charge in [-0.15, -0.1) is 0 Å². The minimum Gasteiger partial charge on any atom is -0.495 e. The first-order valence-electron chi connectivity index (χ1n) is 11.8. The number of amides is 1. The van der Waals surface area contributed by atoms with E-state index in [4.69, 9.17) is 14.2 Å². The first-order chi connectivity index (χ1) is 16.4. The van der Waals surface area contributed by atoms with Crippen LogP contribution < -0.4 is 19.5 Å². The molecule has 1 unspecified atom stereocenters. The SMILES string of the molecule is COc1ccc(C(=O)NC(C)c2ccc3c(c2)OCCCO3)cc1S(=O)(=O)N1CCCCCC1. The van der Waals surface area contributed by atoms with Gasteiger partial charge in [0.1, 0.15) is 10.6 Å². The highest BCUT2D eigenvalue weighted by molar-refractivity contribution is 7.89. The lowest BCUT2D eigenvalue weighted by molar-refractivity contribution is 0.0939. The van der Waals surface area contributed by atoms with E-state index in [2.05, 4.69) is 5.32 Å². The van der Waals surface area contributed by atoms with E-state index in [1.807, 2.05) is 25.1 Å². The molecule has 2 aliphatic rings. The Morgan fingerprint density at radius 1 is 0.971 bits per heavy atom. The number of sulfonamides is 1. The van der Waals surface area contributed by atoms with Crippen LogP contribution in [0.15, 0.2) is 41.3 Å². The monoisotopic (exact) mass is 488 g/mol. The number of fused-ring (bicyclic) bond motifs is 1. The zero-order valence-corrected chi connectivity index (χ0v) is 20.5. The van der Waals surface area contributed by atoms with Crippen molar-refractivity contribution in [3.63, 3.8) is 0 Å². The van der Waals surface area contributed by atoms with E-state index in [1.165, 1.54) is 23.5 Å². The highest BCUT2D eigenvalue weighted by atomic mass is 32.2. The fraction of sp³-hybridized carbons (Fsp3) is 0.480. The maximum Gasteiger partial charge on any atom is 0.251 e. The maximum atomic E-state index is 13.4. The van der Waals surface area contributed by atoms with E-state index in [0.717, 1.165) is 37.7 Å². The molecule has 2 heterocycles. The summed E-state index contributed by atoms with van der Waals surface area (Å²) in [5.41, 5.74) is 1.12. The molecule has 0 spiro atoms. The predicted octanol–water partition coefficient (Wildman–Crippen LogP) is 3.91. The lowest BCUT2D eigenvalue weighted by atomic mass is 10.1. The quantitative estimate of drug-likeness (QED) is 0.663. The van der Waals surface area contributed by atoms with Crippen molar-refractivity contribution in [1.29, 1.82) is 0 Å². The average molecular weight is 489 g/mol. The molecule has 1 saturated heterocycles. The Bertz CT molecular complexity index is 1130. The van der Waals surface area contributed by atoms with Crippen molar-refractivity contribution in [1.82, 2.24) is 9.62 Å². The third-order valence-corrected chi connectivity index (χ3v) is 8.15. The van der Waals surface area contributed by atoms with Crippen LogP contribution in [0, 0.1) is 0 Å². The van der Waals surface area contributed by atoms with Crippen molar-refractivity contribution < 1.29 is 27.4 Å². The summed E-state index contributed by atoms with van der Waals surface area (Å²) >= 11 is 0. The number of benzene rings is 2. The molecule has 0 bridgehead atoms. The van der Waals surface area contributed by atoms with Gasteiger partial charge in [0.15, 0.2) is 11.5 Å². The lowest BCUT2D eigenvalue weighted by Crippen LogP contribution is -2.32. The molecule has 0 saturated carbocycles. The van der Waals surface area contributed by atoms with E-state index in [0.29, 0.717) is 37.8 Å². The lowest BCUT2D eigenvalue weighted by Gasteiger charge is -2.22. The summed E-state index contributed by atoms with van der Waals surface area (Å²) in [4.78, 5) is 13.1. The van der Waals surface area contributed by atoms with E-state index in [-0.39, 0.29) is 28.2 Å². The highest BCUT2D eigenvalue weighted by Gasteiger charge is 2.29. The Hall–Kier alpha value is -2.78. The minimum absolute atomic E-state index is 0.0211. The van der Waals surface area contributed by atoms with Crippen LogP contribution in [0.2, 0.25) is 0 Å². The molecule has 0 aromatic heterocycles. The summed E-state index contributed by atoms with van der Waals surface area (Å²) in [6, 6.07) is 9.81. The Kier molecular flexibility index (Phi) is 7.63. The molecule has 1 atom stereocenters. The van der Waals surface area contributed by atoms with Crippen LogP contribution in [0.3, 0.4) is 0 Å². The number of carbonyl (C=O) groups excluding carboxylic acids is 1. The van der Waals surface area contributed by atoms with Gasteiger partial charge in [0, 0.05) is 25.1 Å². The van der Waals surface area contributed by atoms with E-state index in [9.17, 15) is 13.2 Å². The molecule has 8 nitrogen and oxygen atoms in total. The molecule has 2 aliphatic heterocycles. The van der Waals surface area contributed by atoms with Crippen LogP contribution in [0.25, 0.3) is 0 Å². The fourth-order valence-corrected chi connectivity index (χ4v) is 5.95. The Labute approximate surface area is 201 Å². The van der Waals surface area contributed by atoms with Crippen molar-refractivity contribution in [2.24, 2.45) is 0 Å². The molecular formula is C25H32N2O6S. The molecule has 9 heteroatoms. The van der Waals surface area contributed by atoms with Gasteiger partial charge in [-0.05, 0) is 55.7 Å². The van der Waals surface area contributed by atoms with Crippen molar-refractivity contribution >= 4 is 15.9 Å². The summed E-state index contributed by atoms with van der Waals surface area (Å²) in [7, 11) is -2.35. The van der Waals surface area contributed by atoms with Gasteiger partial charge >= 0.3 is 0 Å². The van der Waals surface area contributed by atoms with Crippen LogP contribution in [0.5, 0.6) is 17.2 Å². The Morgan fingerprint density at radius 2 is 1.68 bits per heavy atom. The molecule has 4 rings (SSSR count). The third kappa shape index (κ3) is 5.31. The summed E-state index contributed by atoms with van der Waals surface area (Å²) in [6.07, 6.45) is 4.51. The van der Waals surface area contributed by atoms with Gasteiger partial charge in [0.25, 0.3) is 5.91 Å². The number of ether oxygens (including phenoxy) is 3. The number of nitrogens with one attached hydrogen (secondary N) is 1. The second-order valence-corrected chi connectivity index (χ2v) is 10.5. The number of methoxy groups -OCH3 is 1. The Balaban J connectivity index is 1.55. The molecule has 184 valence electrons. The molecule has 2 aromatic carbocycles. The first-order valence-corrected chi connectivity index (χ1v) is 13.2. The van der Waals surface area contributed by atoms with Gasteiger partial charge < -0.3 is 19.5 Å². The smallest absolute Gasteiger partial charge is 0.251 e. The largest absolute Gasteiger partial charge is 0.495 e. The maximum absolute atomic E-state index is 13.4. The number of carbonyl (C=O) groups is 1. The van der Waals surface area contributed by atoms with Crippen LogP contribution in [-0.2, 0) is 10.0 Å². The van der Waals surface area contributed by atoms with Crippen molar-refractivity contribution in [2.75, 3.05) is 33.4 Å². The van der Waals surface area contributed by atoms with Crippen LogP contribution in [0.1, 0.15) is 61.0 Å². The number of rotatable bonds is 6. The molecule has 2 aromatic rings. The average Bonchev–Trinajstić information content (AvgIpc) is 3.26. The van der Waals surface area contributed by atoms with Crippen molar-refractivity contribution in [3.05, 3.63) is 47.5 Å². The van der Waals surface area contributed by atoms with Crippen LogP contribution >= 0.6 is 0 Å². The zero-order valence-electron chi connectivity index (χ0n) is 19.7. The van der Waals surface area contributed by atoms with Crippen LogP contribution in [-0.4, -0.2) is 52.0 Å². The highest BCUT2D eigenvalue weighted by Crippen LogP contribution is 2.33. The van der Waals surface area contributed by atoms with E-state index < -0.39 is 10.0 Å². The summed E-state index contributed by atoms with van der Waals surface area (Å²) in [5.74, 6) is 1.22. The molecule has 0 radical (unpaired) electrons. The topological polar surface area (TPSA) is 94.2 Å². The molecule has 34 heavy (non-hydrogen) atoms. The molecular weight excluding hydrogens is 456 g/mol. The standard InChI is InChI=1S/C25H32N2O6S/c1-18(19-8-10-21-23(16-19)33-15-7-14-32-21)26-25(28)20-9-11-22(31-2)24(17-20)34(29,30)27-12-5-3-4-6-13-27/h8-11,16-18H,3-7,12-15H2,1-2H3,(H,26,28). The van der Waals surface area contributed by atoms with Gasteiger partial charge in [-0.2, -0.15) is 4.31 Å². The summed E-state index contributed by atoms with van der Waals surface area (Å²) in [6.45, 7) is 4.01. The second kappa shape index (κ2) is 10.7. The van der Waals surface area contributed by atoms with Gasteiger partial charge in [-0.3, -0.25) is 4.79 Å². The van der Waals surface area contributed by atoms with E-state index in [1.54, 1.807) is 6.07 Å². The Morgan fingerprint density at radius 3 is 2.38 bits per heavy atom. The summed E-state index contributed by atoms with van der Waals surface area (Å²) in [5, 5.41) is 2.96. The van der Waals surface area contributed by atoms with Gasteiger partial charge in [-0.1, -0.05) is 18.9 Å². The molecule has 1 N–H and O–H groups in total. The first kappa shape index (κ1) is 24.3. The fourth-order valence-electron chi connectivity index (χ4n) is 4.25. The van der Waals surface area contributed by atoms with Crippen LogP contribution in [0.4, 0.5) is 0 Å². The van der Waals surface area contributed by atoms with Gasteiger partial charge in [0.2, 0.25) is 10.0 Å². The second-order valence-electron chi connectivity index (χ2n) is 8.64. The minimum atomic E-state index is -3.78. The van der Waals surface area contributed by atoms with Crippen molar-refractivity contribution in [3.8, 4) is 17.2 Å². The molecule has 1 fully saturated rings. The molecule has 0 aliphatic carbocycles. The van der Waals surface area contributed by atoms with E-state index >= 15 is 0 Å². The number of hydrogen-bond acceptors (Lipinski definition) is 6. The number of hydrogen-bond donors (Lipinski definition) is 1. The number of nitrogens with zero attached hydrogens (tertiary/aromatic N) is 1. The van der Waals surface area contributed by atoms with Gasteiger partial charge in [-0.25, -0.2) is 8.42 Å². The normalized spacial score (nSPS) is 17.8. The summed E-state index contributed by atoms with van der Waals surface area (Å²) < 4.78 is 45.0. The predicted molar refractivity (Wildman–Crippen MR) is 128 cm³/mol.